The Morgan fingerprint density at radius 3 is 1.81 bits per heavy atom. The number of nitrogens with zero attached hydrogens (tertiary/aromatic N) is 4. The van der Waals surface area contributed by atoms with E-state index in [9.17, 15) is 107 Å². The Balaban J connectivity index is 0.000000628. The third kappa shape index (κ3) is 39.3. The molecule has 13 amide bonds. The smallest absolute Gasteiger partial charge is 0.327 e. The normalized spacial score (nSPS) is 20.3. The van der Waals surface area contributed by atoms with Gasteiger partial charge in [-0.1, -0.05) is 112 Å². The molecule has 2 aliphatic heterocycles. The van der Waals surface area contributed by atoms with Crippen molar-refractivity contribution >= 4 is 150 Å². The average molecular weight is 1730 g/mol. The second-order valence-electron chi connectivity index (χ2n) is 27.0. The van der Waals surface area contributed by atoms with Gasteiger partial charge in [-0.15, -0.1) is 5.10 Å². The molecule has 0 aliphatic carbocycles. The van der Waals surface area contributed by atoms with E-state index in [0.29, 0.717) is 36.6 Å². The van der Waals surface area contributed by atoms with Crippen LogP contribution in [0.1, 0.15) is 95.9 Å². The molecular formula is C71H103N19O24S4. The van der Waals surface area contributed by atoms with Gasteiger partial charge in [0.25, 0.3) is 0 Å². The first-order chi connectivity index (χ1) is 56.0. The first kappa shape index (κ1) is 99.3. The van der Waals surface area contributed by atoms with Crippen LogP contribution in [0.4, 0.5) is 0 Å². The Kier molecular flexibility index (Phi) is 44.9. The number of aryl methyl sites for hydroxylation is 2. The number of carbonyl (C=O) groups excluding carboxylic acids is 13. The van der Waals surface area contributed by atoms with Crippen molar-refractivity contribution in [1.82, 2.24) is 84.1 Å². The highest BCUT2D eigenvalue weighted by Crippen LogP contribution is 2.26. The lowest BCUT2D eigenvalue weighted by atomic mass is 10.0. The molecule has 3 heterocycles. The molecule has 22 N–H and O–H groups in total. The largest absolute Gasteiger partial charge is 0.508 e. The van der Waals surface area contributed by atoms with Crippen LogP contribution in [-0.2, 0) is 117 Å². The van der Waals surface area contributed by atoms with Crippen molar-refractivity contribution in [3.63, 3.8) is 0 Å². The predicted molar refractivity (Wildman–Crippen MR) is 430 cm³/mol. The number of nitrogens with two attached hydrogens (primary N) is 2. The zero-order valence-electron chi connectivity index (χ0n) is 65.3. The number of carboxylic acids is 4. The fourth-order valence-corrected chi connectivity index (χ4v) is 15.5. The minimum Gasteiger partial charge on any atom is -0.508 e. The lowest BCUT2D eigenvalue weighted by Gasteiger charge is -2.27. The van der Waals surface area contributed by atoms with Crippen LogP contribution in [0.25, 0.3) is 0 Å². The number of rotatable bonds is 35. The molecule has 650 valence electrons. The number of aromatic hydroxyl groups is 1. The number of aromatic nitrogens is 3. The van der Waals surface area contributed by atoms with Gasteiger partial charge in [0, 0.05) is 88.6 Å². The zero-order valence-corrected chi connectivity index (χ0v) is 68.6. The molecule has 47 heteroatoms. The van der Waals surface area contributed by atoms with Crippen LogP contribution in [0.2, 0.25) is 0 Å². The van der Waals surface area contributed by atoms with Gasteiger partial charge in [-0.25, -0.2) is 4.79 Å². The highest BCUT2D eigenvalue weighted by atomic mass is 33.1. The summed E-state index contributed by atoms with van der Waals surface area (Å²) >= 11 is 0. The van der Waals surface area contributed by atoms with E-state index in [2.05, 4.69) is 84.4 Å². The number of fused-ring (bicyclic) bond motifs is 5. The summed E-state index contributed by atoms with van der Waals surface area (Å²) in [7, 11) is 4.85. The maximum Gasteiger partial charge on any atom is 0.327 e. The van der Waals surface area contributed by atoms with E-state index >= 15 is 0 Å². The van der Waals surface area contributed by atoms with Crippen LogP contribution in [0.15, 0.2) is 65.8 Å². The number of hydrogen-bond donors (Lipinski definition) is 20. The number of methoxy groups -OCH3 is 1. The predicted octanol–water partition coefficient (Wildman–Crippen LogP) is -4.56. The molecule has 0 radical (unpaired) electrons. The number of hydrogen-bond acceptors (Lipinski definition) is 27. The third-order valence-electron chi connectivity index (χ3n) is 16.6. The Morgan fingerprint density at radius 1 is 0.636 bits per heavy atom. The molecular weight excluding hydrogens is 1630 g/mol. The van der Waals surface area contributed by atoms with Crippen LogP contribution in [0.3, 0.4) is 0 Å². The Morgan fingerprint density at radius 2 is 1.22 bits per heavy atom. The van der Waals surface area contributed by atoms with Gasteiger partial charge in [0.2, 0.25) is 76.8 Å². The van der Waals surface area contributed by atoms with Crippen LogP contribution in [0.5, 0.6) is 5.75 Å². The number of guanidine groups is 1. The number of nitrogens with one attached hydrogen (secondary N) is 13. The van der Waals surface area contributed by atoms with Crippen molar-refractivity contribution in [2.75, 3.05) is 69.6 Å². The summed E-state index contributed by atoms with van der Waals surface area (Å²) in [6, 6.07) is -2.46. The first-order valence-corrected chi connectivity index (χ1v) is 42.1. The van der Waals surface area contributed by atoms with Crippen molar-refractivity contribution in [2.24, 2.45) is 22.4 Å². The van der Waals surface area contributed by atoms with Gasteiger partial charge < -0.3 is 116 Å². The molecule has 2 aliphatic rings. The Hall–Kier alpha value is -11.0. The number of aliphatic imine (C=N–C) groups is 1. The van der Waals surface area contributed by atoms with Crippen molar-refractivity contribution in [1.29, 1.82) is 0 Å². The molecule has 3 aromatic rings. The van der Waals surface area contributed by atoms with E-state index in [1.807, 2.05) is 20.8 Å². The van der Waals surface area contributed by atoms with Gasteiger partial charge >= 0.3 is 23.9 Å². The monoisotopic (exact) mass is 1730 g/mol. The molecule has 2 aromatic carbocycles. The van der Waals surface area contributed by atoms with Crippen LogP contribution >= 0.6 is 43.2 Å². The van der Waals surface area contributed by atoms with Gasteiger partial charge in [-0.3, -0.25) is 86.4 Å². The van der Waals surface area contributed by atoms with Crippen molar-refractivity contribution in [2.45, 2.75) is 171 Å². The zero-order chi connectivity index (χ0) is 87.4. The molecule has 1 aromatic heterocycles. The lowest BCUT2D eigenvalue weighted by molar-refractivity contribution is -0.142. The van der Waals surface area contributed by atoms with Crippen molar-refractivity contribution in [3.8, 4) is 5.75 Å². The van der Waals surface area contributed by atoms with Crippen molar-refractivity contribution in [3.05, 3.63) is 77.6 Å². The lowest BCUT2D eigenvalue weighted by Crippen LogP contribution is -2.59. The summed E-state index contributed by atoms with van der Waals surface area (Å²) in [6.07, 6.45) is -0.490. The minimum absolute atomic E-state index is 0.0342. The molecule has 0 saturated carbocycles. The van der Waals surface area contributed by atoms with Gasteiger partial charge in [0.15, 0.2) is 5.96 Å². The van der Waals surface area contributed by atoms with Crippen LogP contribution in [0, 0.1) is 5.92 Å². The summed E-state index contributed by atoms with van der Waals surface area (Å²) in [5.74, 6) is -19.6. The van der Waals surface area contributed by atoms with Gasteiger partial charge in [-0.2, -0.15) is 0 Å². The molecule has 11 atom stereocenters. The molecule has 43 nitrogen and oxygen atoms in total. The molecule has 5 rings (SSSR count). The highest BCUT2D eigenvalue weighted by Gasteiger charge is 2.38. The van der Waals surface area contributed by atoms with E-state index < -0.39 is 204 Å². The second-order valence-corrected chi connectivity index (χ2v) is 32.1. The summed E-state index contributed by atoms with van der Waals surface area (Å²) < 4.78 is 11.7. The van der Waals surface area contributed by atoms with Gasteiger partial charge in [0.05, 0.1) is 51.3 Å². The fourth-order valence-electron chi connectivity index (χ4n) is 10.8. The van der Waals surface area contributed by atoms with Crippen LogP contribution in [-0.4, -0.2) is 283 Å². The first-order valence-electron chi connectivity index (χ1n) is 37.1. The molecule has 2 fully saturated rings. The molecule has 2 bridgehead atoms. The van der Waals surface area contributed by atoms with E-state index in [1.165, 1.54) is 26.2 Å². The number of aliphatic carboxylic acids is 4. The van der Waals surface area contributed by atoms with Gasteiger partial charge in [-0.05, 0) is 54.9 Å². The number of ether oxygens (including phenoxy) is 2. The number of phenols is 1. The van der Waals surface area contributed by atoms with Crippen molar-refractivity contribution < 1.29 is 117 Å². The standard InChI is InChI=1S/C45H63N15O15S4.C26H40N4O9/c1-2-13-60-18-24(58-59-60)10-11-33(61)51-29-19-76-79-22-32(44(74)75)57-38(68)26(14-23-7-4-3-5-8-23)53-43(73)31-21-78-77-20-30(56-40(70)28(16-36(65)66)54-41(29)71)42(72)52-25(9-6-12-48-45(46)47)37(67)49-17-34(62)50-27(15-35(63)64)39(69)55-31;1-16(2)13-20(29-26(37)21(28-17(3)31)14-18-5-7-19(32)8-6-18)25(36)30-22(15-23(33)34)24(35)27-9-10-39-12-11-38-4/h3-5,7-8,18,25-32H,2,6,9-17,19-22H2,1H3,(H,49,67)(H,50,62)(H,51,61)(H,52,72)(H,53,73)(H,54,71)(H,55,69)(H,56,70)(H,57,68)(H,63,64)(H,65,66)(H,74,75)(H4,46,47,48);5-8,16,20-22,32H,9-15H2,1-4H3,(H,27,35)(H,28,31)(H,29,37)(H,30,36)(H,33,34)/t25-,26-,27-,28-,29-,30-,31-,32-;20-,21+,22+/m11/s1. The number of carboxylic acid groups (broad SMARTS) is 4. The Labute approximate surface area is 693 Å². The molecule has 0 spiro atoms. The molecule has 118 heavy (non-hydrogen) atoms. The summed E-state index contributed by atoms with van der Waals surface area (Å²) in [4.78, 5) is 228. The maximum atomic E-state index is 14.3. The average Bonchev–Trinajstić information content (AvgIpc) is 0.987. The molecule has 2 saturated heterocycles. The quantitative estimate of drug-likeness (QED) is 0.0114. The topological polar surface area (TPSA) is 661 Å². The van der Waals surface area contributed by atoms with E-state index in [-0.39, 0.29) is 93.8 Å². The minimum atomic E-state index is -1.93. The maximum absolute atomic E-state index is 14.3. The van der Waals surface area contributed by atoms with E-state index in [1.54, 1.807) is 53.3 Å². The van der Waals surface area contributed by atoms with E-state index in [4.69, 9.17) is 20.9 Å². The number of carbonyl (C=O) groups is 17. The number of benzene rings is 2. The highest BCUT2D eigenvalue weighted by molar-refractivity contribution is 8.77. The number of phenolic OH excluding ortho intramolecular Hbond substituents is 1. The summed E-state index contributed by atoms with van der Waals surface area (Å²) in [5.41, 5.74) is 12.5. The second kappa shape index (κ2) is 53.3. The Bertz CT molecular complexity index is 3940. The van der Waals surface area contributed by atoms with E-state index in [0.717, 1.165) is 49.6 Å². The molecule has 0 unspecified atom stereocenters. The summed E-state index contributed by atoms with van der Waals surface area (Å²) in [5, 5.41) is 88.5. The fraction of sp³-hybridized carbons (Fsp3) is 0.549. The summed E-state index contributed by atoms with van der Waals surface area (Å²) in [6.45, 7) is 7.48. The number of amides is 13. The van der Waals surface area contributed by atoms with Crippen LogP contribution < -0.4 is 80.6 Å². The third-order valence-corrected chi connectivity index (χ3v) is 21.5. The van der Waals surface area contributed by atoms with Gasteiger partial charge in [0.1, 0.15) is 72.2 Å². The SMILES string of the molecule is CCCn1cc(CCC(=O)N[C@@H]2CSSC[C@H](C(=O)O)NC(=O)[C@@H](Cc3ccccc3)NC(=O)[C@H]3CSSC[C@@H](NC(=O)[C@@H](CC(=O)O)NC2=O)C(=O)N[C@H](CCCN=C(N)N)C(=O)NCC(=O)N[C@H](CC(=O)O)C(=O)N3)nn1.COCCOCCNC(=O)[C@H](CC(=O)O)NC(=O)[C@@H](CC(C)C)NC(=O)[C@H](Cc1ccc(O)cc1)NC(C)=O.